The summed E-state index contributed by atoms with van der Waals surface area (Å²) in [4.78, 5) is 21.2. The van der Waals surface area contributed by atoms with Gasteiger partial charge in [0.25, 0.3) is 0 Å². The molecule has 0 radical (unpaired) electrons. The van der Waals surface area contributed by atoms with Gasteiger partial charge < -0.3 is 9.42 Å². The van der Waals surface area contributed by atoms with Crippen molar-refractivity contribution in [1.82, 2.24) is 19.3 Å². The molecule has 3 fully saturated rings. The van der Waals surface area contributed by atoms with Crippen LogP contribution in [0.1, 0.15) is 68.6 Å². The van der Waals surface area contributed by atoms with Gasteiger partial charge in [-0.25, -0.2) is 8.42 Å². The van der Waals surface area contributed by atoms with E-state index in [2.05, 4.69) is 17.1 Å². The lowest BCUT2D eigenvalue weighted by molar-refractivity contribution is -0.138. The van der Waals surface area contributed by atoms with E-state index < -0.39 is 10.0 Å². The molecule has 5 rings (SSSR count). The molecule has 3 aliphatic rings. The number of likely N-dealkylation sites (tertiary alicyclic amines) is 1. The summed E-state index contributed by atoms with van der Waals surface area (Å²) in [6, 6.07) is 1.67. The highest BCUT2D eigenvalue weighted by molar-refractivity contribution is 7.89. The van der Waals surface area contributed by atoms with Crippen LogP contribution in [0.5, 0.6) is 0 Å². The van der Waals surface area contributed by atoms with E-state index in [1.807, 2.05) is 11.8 Å². The molecule has 1 amide bonds. The van der Waals surface area contributed by atoms with Crippen LogP contribution in [0.3, 0.4) is 0 Å². The molecule has 2 aliphatic heterocycles. The first-order valence-corrected chi connectivity index (χ1v) is 14.3. The zero-order valence-electron chi connectivity index (χ0n) is 19.3. The summed E-state index contributed by atoms with van der Waals surface area (Å²) >= 11 is 1.37. The van der Waals surface area contributed by atoms with Crippen LogP contribution >= 0.6 is 11.3 Å². The lowest BCUT2D eigenvalue weighted by Gasteiger charge is -2.36. The minimum Gasteiger partial charge on any atom is -0.342 e. The number of nitrogens with zero attached hydrogens (tertiary/aromatic N) is 4. The molecule has 1 saturated carbocycles. The van der Waals surface area contributed by atoms with Gasteiger partial charge in [0.1, 0.15) is 0 Å². The molecule has 0 N–H and O–H groups in total. The summed E-state index contributed by atoms with van der Waals surface area (Å²) in [6.07, 6.45) is 6.81. The van der Waals surface area contributed by atoms with Crippen molar-refractivity contribution < 1.29 is 17.7 Å². The Morgan fingerprint density at radius 3 is 2.58 bits per heavy atom. The fraction of sp³-hybridized carbons (Fsp3) is 0.696. The van der Waals surface area contributed by atoms with Crippen molar-refractivity contribution in [3.63, 3.8) is 0 Å². The number of rotatable bonds is 5. The van der Waals surface area contributed by atoms with Crippen LogP contribution in [0.4, 0.5) is 0 Å². The zero-order chi connectivity index (χ0) is 23.2. The second-order valence-corrected chi connectivity index (χ2v) is 13.0. The van der Waals surface area contributed by atoms with Gasteiger partial charge in [0.05, 0.1) is 15.7 Å². The van der Waals surface area contributed by atoms with Crippen molar-refractivity contribution in [3.05, 3.63) is 16.8 Å². The average Bonchev–Trinajstić information content (AvgIpc) is 3.40. The first kappa shape index (κ1) is 23.0. The van der Waals surface area contributed by atoms with Crippen molar-refractivity contribution in [1.29, 1.82) is 0 Å². The molecule has 10 heteroatoms. The maximum atomic E-state index is 13.6. The second kappa shape index (κ2) is 9.11. The third-order valence-electron chi connectivity index (χ3n) is 7.44. The fourth-order valence-corrected chi connectivity index (χ4v) is 7.99. The van der Waals surface area contributed by atoms with Crippen molar-refractivity contribution in [3.8, 4) is 10.7 Å². The Hall–Kier alpha value is -1.78. The predicted octanol–water partition coefficient (Wildman–Crippen LogP) is 4.03. The van der Waals surface area contributed by atoms with Crippen LogP contribution in [-0.4, -0.2) is 59.8 Å². The molecule has 8 nitrogen and oxygen atoms in total. The van der Waals surface area contributed by atoms with Crippen molar-refractivity contribution in [2.45, 2.75) is 69.6 Å². The molecular weight excluding hydrogens is 460 g/mol. The maximum absolute atomic E-state index is 13.6. The number of aromatic nitrogens is 2. The van der Waals surface area contributed by atoms with E-state index in [-0.39, 0.29) is 23.3 Å². The monoisotopic (exact) mass is 492 g/mol. The van der Waals surface area contributed by atoms with Gasteiger partial charge in [0.2, 0.25) is 27.6 Å². The molecule has 2 aromatic heterocycles. The summed E-state index contributed by atoms with van der Waals surface area (Å²) < 4.78 is 34.0. The smallest absolute Gasteiger partial charge is 0.244 e. The largest absolute Gasteiger partial charge is 0.342 e. The summed E-state index contributed by atoms with van der Waals surface area (Å²) in [7, 11) is -3.70. The Morgan fingerprint density at radius 1 is 1.12 bits per heavy atom. The van der Waals surface area contributed by atoms with Crippen LogP contribution < -0.4 is 0 Å². The van der Waals surface area contributed by atoms with Gasteiger partial charge >= 0.3 is 0 Å². The number of piperidine rings is 2. The molecule has 0 unspecified atom stereocenters. The number of hydrogen-bond acceptors (Lipinski definition) is 7. The number of aryl methyl sites for hydroxylation is 1. The highest BCUT2D eigenvalue weighted by atomic mass is 32.2. The summed E-state index contributed by atoms with van der Waals surface area (Å²) in [5.41, 5.74) is 0. The first-order chi connectivity index (χ1) is 15.8. The quantitative estimate of drug-likeness (QED) is 0.625. The van der Waals surface area contributed by atoms with Gasteiger partial charge in [-0.3, -0.25) is 4.79 Å². The van der Waals surface area contributed by atoms with E-state index in [9.17, 15) is 13.2 Å². The molecule has 33 heavy (non-hydrogen) atoms. The summed E-state index contributed by atoms with van der Waals surface area (Å²) in [5.74, 6) is 1.94. The van der Waals surface area contributed by atoms with E-state index in [1.165, 1.54) is 22.1 Å². The molecule has 2 aromatic rings. The highest BCUT2D eigenvalue weighted by Crippen LogP contribution is 2.38. The number of thiophene rings is 1. The summed E-state index contributed by atoms with van der Waals surface area (Å²) in [5, 5.41) is 4.10. The Labute approximate surface area is 199 Å². The minimum absolute atomic E-state index is 0.111. The van der Waals surface area contributed by atoms with E-state index in [1.54, 1.807) is 6.07 Å². The van der Waals surface area contributed by atoms with Crippen molar-refractivity contribution in [2.24, 2.45) is 11.8 Å². The lowest BCUT2D eigenvalue weighted by Crippen LogP contribution is -2.48. The number of hydrogen-bond donors (Lipinski definition) is 0. The predicted molar refractivity (Wildman–Crippen MR) is 125 cm³/mol. The van der Waals surface area contributed by atoms with E-state index in [4.69, 9.17) is 4.52 Å². The van der Waals surface area contributed by atoms with Gasteiger partial charge in [0.15, 0.2) is 0 Å². The Morgan fingerprint density at radius 2 is 1.88 bits per heavy atom. The Bertz CT molecular complexity index is 1110. The molecule has 1 aliphatic carbocycles. The lowest BCUT2D eigenvalue weighted by atomic mass is 9.85. The Balaban J connectivity index is 1.31. The van der Waals surface area contributed by atoms with Gasteiger partial charge in [-0.2, -0.15) is 9.29 Å². The number of sulfonamides is 1. The Kier molecular flexibility index (Phi) is 6.35. The second-order valence-electron chi connectivity index (χ2n) is 9.83. The standard InChI is InChI=1S/C23H32N4O4S2/c1-15-8-11-26(12-9-15)23(28)18-7-4-10-27(14-18)33(29,30)20-13-19(32-16(20)2)21-24-22(31-25-21)17-5-3-6-17/h13,15,17-18H,3-12,14H2,1-2H3/t18-/m0/s1. The van der Waals surface area contributed by atoms with Crippen LogP contribution in [0.25, 0.3) is 10.7 Å². The molecule has 0 aromatic carbocycles. The highest BCUT2D eigenvalue weighted by Gasteiger charge is 2.37. The number of carbonyl (C=O) groups is 1. The maximum Gasteiger partial charge on any atom is 0.244 e. The normalized spacial score (nSPS) is 23.6. The van der Waals surface area contributed by atoms with Crippen molar-refractivity contribution >= 4 is 27.3 Å². The third kappa shape index (κ3) is 4.49. The molecule has 4 heterocycles. The van der Waals surface area contributed by atoms with Gasteiger partial charge in [-0.15, -0.1) is 11.3 Å². The van der Waals surface area contributed by atoms with Crippen LogP contribution in [0.2, 0.25) is 0 Å². The van der Waals surface area contributed by atoms with Crippen LogP contribution in [0, 0.1) is 18.8 Å². The summed E-state index contributed by atoms with van der Waals surface area (Å²) in [6.45, 7) is 6.30. The topological polar surface area (TPSA) is 96.6 Å². The van der Waals surface area contributed by atoms with E-state index in [0.717, 1.165) is 45.2 Å². The number of carbonyl (C=O) groups excluding carboxylic acids is 1. The molecule has 2 saturated heterocycles. The van der Waals surface area contributed by atoms with Gasteiger partial charge in [0, 0.05) is 37.0 Å². The fourth-order valence-electron chi connectivity index (χ4n) is 4.98. The average molecular weight is 493 g/mol. The third-order valence-corrected chi connectivity index (χ3v) is 10.6. The molecule has 1 atom stereocenters. The van der Waals surface area contributed by atoms with Crippen LogP contribution in [0.15, 0.2) is 15.5 Å². The molecular formula is C23H32N4O4S2. The van der Waals surface area contributed by atoms with Crippen molar-refractivity contribution in [2.75, 3.05) is 26.2 Å². The van der Waals surface area contributed by atoms with Crippen LogP contribution in [-0.2, 0) is 14.8 Å². The minimum atomic E-state index is -3.70. The van der Waals surface area contributed by atoms with E-state index in [0.29, 0.717) is 46.3 Å². The molecule has 0 spiro atoms. The number of amides is 1. The van der Waals surface area contributed by atoms with Gasteiger partial charge in [-0.05, 0) is 57.4 Å². The molecule has 180 valence electrons. The molecule has 0 bridgehead atoms. The first-order valence-electron chi connectivity index (χ1n) is 12.1. The zero-order valence-corrected chi connectivity index (χ0v) is 21.0. The SMILES string of the molecule is Cc1sc(-c2noc(C3CCC3)n2)cc1S(=O)(=O)N1CCC[C@H](C(=O)N2CCC(C)CC2)C1. The van der Waals surface area contributed by atoms with E-state index >= 15 is 0 Å². The van der Waals surface area contributed by atoms with Gasteiger partial charge in [-0.1, -0.05) is 18.5 Å².